The molecule has 0 bridgehead atoms. The molecule has 26 heavy (non-hydrogen) atoms. The fraction of sp³-hybridized carbons (Fsp3) is 0.650. The number of hydrogen-bond acceptors (Lipinski definition) is 3. The number of aryl methyl sites for hydroxylation is 1. The van der Waals surface area contributed by atoms with Gasteiger partial charge in [-0.05, 0) is 52.7 Å². The van der Waals surface area contributed by atoms with E-state index in [1.54, 1.807) is 0 Å². The van der Waals surface area contributed by atoms with Crippen LogP contribution in [0.25, 0.3) is 0 Å². The van der Waals surface area contributed by atoms with E-state index in [1.165, 1.54) is 5.56 Å². The Hall–Kier alpha value is -1.02. The fourth-order valence-electron chi connectivity index (χ4n) is 3.00. The van der Waals surface area contributed by atoms with Crippen LogP contribution in [0.3, 0.4) is 0 Å². The molecule has 1 saturated heterocycles. The monoisotopic (exact) mass is 475 g/mol. The van der Waals surface area contributed by atoms with Crippen molar-refractivity contribution in [3.05, 3.63) is 29.8 Å². The van der Waals surface area contributed by atoms with Crippen LogP contribution in [-0.4, -0.2) is 55.9 Å². The van der Waals surface area contributed by atoms with E-state index in [-0.39, 0.29) is 30.1 Å². The highest BCUT2D eigenvalue weighted by Crippen LogP contribution is 2.15. The van der Waals surface area contributed by atoms with Crippen molar-refractivity contribution in [1.29, 1.82) is 0 Å². The Labute approximate surface area is 175 Å². The van der Waals surface area contributed by atoms with Gasteiger partial charge in [-0.25, -0.2) is 4.99 Å². The minimum absolute atomic E-state index is 0. The predicted molar refractivity (Wildman–Crippen MR) is 119 cm³/mol. The summed E-state index contributed by atoms with van der Waals surface area (Å²) in [6, 6.07) is 8.16. The summed E-state index contributed by atoms with van der Waals surface area (Å²) >= 11 is 0. The molecule has 0 spiro atoms. The van der Waals surface area contributed by atoms with Crippen LogP contribution in [0.15, 0.2) is 29.3 Å². The van der Waals surface area contributed by atoms with E-state index in [9.17, 15) is 0 Å². The number of ether oxygens (including phenoxy) is 2. The highest BCUT2D eigenvalue weighted by Gasteiger charge is 2.21. The molecule has 148 valence electrons. The number of piperidine rings is 1. The van der Waals surface area contributed by atoms with Crippen molar-refractivity contribution in [2.75, 3.05) is 32.8 Å². The minimum Gasteiger partial charge on any atom is -0.489 e. The van der Waals surface area contributed by atoms with E-state index >= 15 is 0 Å². The van der Waals surface area contributed by atoms with Gasteiger partial charge in [0, 0.05) is 26.2 Å². The maximum absolute atomic E-state index is 5.96. The zero-order chi connectivity index (χ0) is 18.1. The molecule has 0 saturated carbocycles. The van der Waals surface area contributed by atoms with Gasteiger partial charge < -0.3 is 19.7 Å². The molecular formula is C20H34IN3O2. The lowest BCUT2D eigenvalue weighted by molar-refractivity contribution is 0.0263. The molecule has 0 aliphatic carbocycles. The molecule has 5 nitrogen and oxygen atoms in total. The van der Waals surface area contributed by atoms with Crippen LogP contribution >= 0.6 is 24.0 Å². The SMILES string of the molecule is CCNC(=NCC(C)Oc1ccc(C)cc1)N1CCC(OCC)CC1.I. The molecule has 2 rings (SSSR count). The van der Waals surface area contributed by atoms with Gasteiger partial charge in [0.05, 0.1) is 12.6 Å². The van der Waals surface area contributed by atoms with Crippen LogP contribution in [-0.2, 0) is 4.74 Å². The molecule has 0 amide bonds. The lowest BCUT2D eigenvalue weighted by atomic mass is 10.1. The van der Waals surface area contributed by atoms with Crippen LogP contribution in [0.1, 0.15) is 39.2 Å². The second-order valence-corrected chi connectivity index (χ2v) is 6.58. The molecule has 1 heterocycles. The standard InChI is InChI=1S/C20H33N3O2.HI/c1-5-21-20(23-13-11-18(12-14-23)24-6-2)22-15-17(4)25-19-9-7-16(3)8-10-19;/h7-10,17-18H,5-6,11-15H2,1-4H3,(H,21,22);1H. The number of guanidine groups is 1. The van der Waals surface area contributed by atoms with Crippen molar-refractivity contribution in [2.24, 2.45) is 4.99 Å². The third kappa shape index (κ3) is 7.70. The molecule has 6 heteroatoms. The average Bonchev–Trinajstić information content (AvgIpc) is 2.62. The Kier molecular flexibility index (Phi) is 11.0. The van der Waals surface area contributed by atoms with E-state index in [4.69, 9.17) is 14.5 Å². The summed E-state index contributed by atoms with van der Waals surface area (Å²) in [4.78, 5) is 7.12. The van der Waals surface area contributed by atoms with Gasteiger partial charge in [0.2, 0.25) is 0 Å². The van der Waals surface area contributed by atoms with Crippen LogP contribution in [0, 0.1) is 6.92 Å². The first-order valence-electron chi connectivity index (χ1n) is 9.50. The highest BCUT2D eigenvalue weighted by atomic mass is 127. The van der Waals surface area contributed by atoms with E-state index in [1.807, 2.05) is 12.1 Å². The average molecular weight is 475 g/mol. The molecule has 0 aromatic heterocycles. The van der Waals surface area contributed by atoms with Crippen molar-refractivity contribution in [3.63, 3.8) is 0 Å². The normalized spacial score (nSPS) is 16.8. The number of hydrogen-bond donors (Lipinski definition) is 1. The summed E-state index contributed by atoms with van der Waals surface area (Å²) in [5.74, 6) is 1.88. The van der Waals surface area contributed by atoms with Gasteiger partial charge in [-0.2, -0.15) is 0 Å². The van der Waals surface area contributed by atoms with Crippen LogP contribution in [0.5, 0.6) is 5.75 Å². The smallest absolute Gasteiger partial charge is 0.194 e. The number of nitrogens with one attached hydrogen (secondary N) is 1. The van der Waals surface area contributed by atoms with Gasteiger partial charge in [0.15, 0.2) is 5.96 Å². The molecule has 1 unspecified atom stereocenters. The summed E-state index contributed by atoms with van der Waals surface area (Å²) in [5.41, 5.74) is 1.24. The lowest BCUT2D eigenvalue weighted by Crippen LogP contribution is -2.47. The zero-order valence-electron chi connectivity index (χ0n) is 16.5. The van der Waals surface area contributed by atoms with Crippen molar-refractivity contribution < 1.29 is 9.47 Å². The third-order valence-corrected chi connectivity index (χ3v) is 4.34. The number of benzene rings is 1. The molecule has 1 N–H and O–H groups in total. The number of rotatable bonds is 7. The minimum atomic E-state index is 0. The number of halogens is 1. The quantitative estimate of drug-likeness (QED) is 0.370. The van der Waals surface area contributed by atoms with E-state index in [0.717, 1.165) is 50.8 Å². The molecule has 1 aliphatic heterocycles. The number of nitrogens with zero attached hydrogens (tertiary/aromatic N) is 2. The molecule has 1 aliphatic rings. The number of aliphatic imine (C=N–C) groups is 1. The first-order chi connectivity index (χ1) is 12.1. The van der Waals surface area contributed by atoms with E-state index < -0.39 is 0 Å². The maximum atomic E-state index is 5.96. The summed E-state index contributed by atoms with van der Waals surface area (Å²) in [6.45, 7) is 12.6. The van der Waals surface area contributed by atoms with Crippen molar-refractivity contribution in [3.8, 4) is 5.75 Å². The molecule has 1 aromatic carbocycles. The third-order valence-electron chi connectivity index (χ3n) is 4.34. The van der Waals surface area contributed by atoms with Crippen LogP contribution < -0.4 is 10.1 Å². The van der Waals surface area contributed by atoms with Crippen molar-refractivity contribution in [2.45, 2.75) is 52.7 Å². The summed E-state index contributed by atoms with van der Waals surface area (Å²) in [7, 11) is 0. The topological polar surface area (TPSA) is 46.1 Å². The van der Waals surface area contributed by atoms with Gasteiger partial charge in [0.1, 0.15) is 11.9 Å². The molecular weight excluding hydrogens is 441 g/mol. The Bertz CT molecular complexity index is 528. The number of likely N-dealkylation sites (tertiary alicyclic amines) is 1. The zero-order valence-corrected chi connectivity index (χ0v) is 18.9. The predicted octanol–water partition coefficient (Wildman–Crippen LogP) is 3.85. The van der Waals surface area contributed by atoms with Crippen molar-refractivity contribution >= 4 is 29.9 Å². The van der Waals surface area contributed by atoms with Gasteiger partial charge >= 0.3 is 0 Å². The first-order valence-corrected chi connectivity index (χ1v) is 9.50. The van der Waals surface area contributed by atoms with Crippen molar-refractivity contribution in [1.82, 2.24) is 10.2 Å². The molecule has 1 fully saturated rings. The molecule has 1 atom stereocenters. The Balaban J connectivity index is 0.00000338. The largest absolute Gasteiger partial charge is 0.489 e. The summed E-state index contributed by atoms with van der Waals surface area (Å²) < 4.78 is 11.7. The summed E-state index contributed by atoms with van der Waals surface area (Å²) in [5, 5.41) is 3.41. The first kappa shape index (κ1) is 23.0. The lowest BCUT2D eigenvalue weighted by Gasteiger charge is -2.34. The van der Waals surface area contributed by atoms with Gasteiger partial charge in [-0.3, -0.25) is 0 Å². The van der Waals surface area contributed by atoms with Gasteiger partial charge in [-0.15, -0.1) is 24.0 Å². The molecule has 1 aromatic rings. The summed E-state index contributed by atoms with van der Waals surface area (Å²) in [6.07, 6.45) is 2.56. The van der Waals surface area contributed by atoms with Gasteiger partial charge in [-0.1, -0.05) is 17.7 Å². The maximum Gasteiger partial charge on any atom is 0.194 e. The fourth-order valence-corrected chi connectivity index (χ4v) is 3.00. The van der Waals surface area contributed by atoms with Crippen LogP contribution in [0.2, 0.25) is 0 Å². The Morgan fingerprint density at radius 3 is 2.46 bits per heavy atom. The van der Waals surface area contributed by atoms with Gasteiger partial charge in [0.25, 0.3) is 0 Å². The van der Waals surface area contributed by atoms with E-state index in [0.29, 0.717) is 12.6 Å². The molecule has 0 radical (unpaired) electrons. The second-order valence-electron chi connectivity index (χ2n) is 6.58. The Morgan fingerprint density at radius 1 is 1.23 bits per heavy atom. The Morgan fingerprint density at radius 2 is 1.88 bits per heavy atom. The van der Waals surface area contributed by atoms with Crippen LogP contribution in [0.4, 0.5) is 0 Å². The highest BCUT2D eigenvalue weighted by molar-refractivity contribution is 14.0. The second kappa shape index (κ2) is 12.4. The van der Waals surface area contributed by atoms with E-state index in [2.05, 4.69) is 50.0 Å².